The van der Waals surface area contributed by atoms with Crippen molar-refractivity contribution in [2.24, 2.45) is 11.8 Å². The van der Waals surface area contributed by atoms with E-state index in [0.29, 0.717) is 0 Å². The van der Waals surface area contributed by atoms with E-state index in [4.69, 9.17) is 0 Å². The lowest BCUT2D eigenvalue weighted by Gasteiger charge is -2.40. The molecule has 0 amide bonds. The summed E-state index contributed by atoms with van der Waals surface area (Å²) in [5.41, 5.74) is 3.04. The topological polar surface area (TPSA) is 15.3 Å². The summed E-state index contributed by atoms with van der Waals surface area (Å²) in [6, 6.07) is 9.77. The first-order chi connectivity index (χ1) is 10.3. The molecule has 2 heteroatoms. The molecule has 2 aliphatic rings. The van der Waals surface area contributed by atoms with E-state index < -0.39 is 0 Å². The van der Waals surface area contributed by atoms with Crippen LogP contribution in [-0.4, -0.2) is 25.7 Å². The number of anilines is 1. The molecule has 0 radical (unpaired) electrons. The first-order valence-corrected chi connectivity index (χ1v) is 8.84. The van der Waals surface area contributed by atoms with Crippen LogP contribution in [0.1, 0.15) is 45.1 Å². The molecule has 2 nitrogen and oxygen atoms in total. The summed E-state index contributed by atoms with van der Waals surface area (Å²) in [5, 5.41) is 3.73. The predicted molar refractivity (Wildman–Crippen MR) is 90.9 cm³/mol. The van der Waals surface area contributed by atoms with Crippen molar-refractivity contribution in [1.29, 1.82) is 0 Å². The van der Waals surface area contributed by atoms with Gasteiger partial charge in [-0.1, -0.05) is 44.9 Å². The normalized spacial score (nSPS) is 29.2. The van der Waals surface area contributed by atoms with Gasteiger partial charge in [0, 0.05) is 24.8 Å². The molecule has 0 spiro atoms. The predicted octanol–water partition coefficient (Wildman–Crippen LogP) is 3.85. The third-order valence-electron chi connectivity index (χ3n) is 5.26. The highest BCUT2D eigenvalue weighted by Crippen LogP contribution is 2.32. The van der Waals surface area contributed by atoms with Crippen LogP contribution in [0.5, 0.6) is 0 Å². The van der Waals surface area contributed by atoms with Crippen molar-refractivity contribution in [3.63, 3.8) is 0 Å². The van der Waals surface area contributed by atoms with E-state index in [0.717, 1.165) is 24.4 Å². The Morgan fingerprint density at radius 3 is 2.86 bits per heavy atom. The quantitative estimate of drug-likeness (QED) is 0.904. The minimum Gasteiger partial charge on any atom is -0.371 e. The molecule has 1 fully saturated rings. The first kappa shape index (κ1) is 14.9. The van der Waals surface area contributed by atoms with Gasteiger partial charge in [0.05, 0.1) is 0 Å². The molecule has 3 atom stereocenters. The zero-order chi connectivity index (χ0) is 14.7. The third-order valence-corrected chi connectivity index (χ3v) is 5.26. The monoisotopic (exact) mass is 286 g/mol. The van der Waals surface area contributed by atoms with Crippen LogP contribution in [0.4, 0.5) is 5.69 Å². The second kappa shape index (κ2) is 6.83. The van der Waals surface area contributed by atoms with Gasteiger partial charge in [0.25, 0.3) is 0 Å². The molecule has 3 rings (SSSR count). The maximum atomic E-state index is 3.73. The van der Waals surface area contributed by atoms with Gasteiger partial charge in [-0.3, -0.25) is 0 Å². The summed E-state index contributed by atoms with van der Waals surface area (Å²) in [6.07, 6.45) is 6.82. The van der Waals surface area contributed by atoms with Gasteiger partial charge >= 0.3 is 0 Å². The van der Waals surface area contributed by atoms with Crippen molar-refractivity contribution < 1.29 is 0 Å². The summed E-state index contributed by atoms with van der Waals surface area (Å²) >= 11 is 0. The number of nitrogens with one attached hydrogen (secondary N) is 1. The summed E-state index contributed by atoms with van der Waals surface area (Å²) in [7, 11) is 0. The van der Waals surface area contributed by atoms with Crippen molar-refractivity contribution in [1.82, 2.24) is 5.32 Å². The van der Waals surface area contributed by atoms with Gasteiger partial charge in [0.2, 0.25) is 0 Å². The van der Waals surface area contributed by atoms with Crippen molar-refractivity contribution in [3.05, 3.63) is 29.8 Å². The molecule has 1 N–H and O–H groups in total. The number of para-hydroxylation sites is 1. The highest BCUT2D eigenvalue weighted by molar-refractivity contribution is 5.55. The van der Waals surface area contributed by atoms with Crippen molar-refractivity contribution in [3.8, 4) is 0 Å². The number of hydrogen-bond acceptors (Lipinski definition) is 2. The number of fused-ring (bicyclic) bond motifs is 1. The van der Waals surface area contributed by atoms with Gasteiger partial charge in [0.1, 0.15) is 0 Å². The van der Waals surface area contributed by atoms with E-state index in [1.54, 1.807) is 5.56 Å². The van der Waals surface area contributed by atoms with Crippen LogP contribution in [0.2, 0.25) is 0 Å². The fraction of sp³-hybridized carbons (Fsp3) is 0.684. The molecule has 3 unspecified atom stereocenters. The molecule has 1 aromatic rings. The van der Waals surface area contributed by atoms with Gasteiger partial charge in [-0.25, -0.2) is 0 Å². The minimum absolute atomic E-state index is 0.730. The van der Waals surface area contributed by atoms with Crippen LogP contribution in [0.15, 0.2) is 24.3 Å². The first-order valence-electron chi connectivity index (χ1n) is 8.84. The molecule has 0 saturated heterocycles. The Hall–Kier alpha value is -1.02. The van der Waals surface area contributed by atoms with Crippen LogP contribution in [-0.2, 0) is 6.42 Å². The second-order valence-corrected chi connectivity index (χ2v) is 7.05. The molecule has 0 bridgehead atoms. The van der Waals surface area contributed by atoms with Crippen molar-refractivity contribution in [2.45, 2.75) is 52.0 Å². The maximum Gasteiger partial charge on any atom is 0.0399 e. The SMILES string of the molecule is CCNC1CCCCC1CN1CC(C)Cc2ccccc21. The number of benzene rings is 1. The Kier molecular flexibility index (Phi) is 4.84. The molecule has 1 aromatic carbocycles. The van der Waals surface area contributed by atoms with Gasteiger partial charge in [-0.2, -0.15) is 0 Å². The van der Waals surface area contributed by atoms with Crippen LogP contribution in [0.25, 0.3) is 0 Å². The molecule has 21 heavy (non-hydrogen) atoms. The zero-order valence-electron chi connectivity index (χ0n) is 13.6. The average Bonchev–Trinajstić information content (AvgIpc) is 2.49. The Bertz CT molecular complexity index is 455. The lowest BCUT2D eigenvalue weighted by atomic mass is 9.83. The lowest BCUT2D eigenvalue weighted by molar-refractivity contribution is 0.264. The Labute approximate surface area is 129 Å². The fourth-order valence-corrected chi connectivity index (χ4v) is 4.32. The zero-order valence-corrected chi connectivity index (χ0v) is 13.6. The molecule has 1 aliphatic heterocycles. The van der Waals surface area contributed by atoms with Crippen molar-refractivity contribution in [2.75, 3.05) is 24.5 Å². The average molecular weight is 286 g/mol. The number of hydrogen-bond donors (Lipinski definition) is 1. The van der Waals surface area contributed by atoms with Gasteiger partial charge in [-0.15, -0.1) is 0 Å². The minimum atomic E-state index is 0.730. The molecule has 0 aromatic heterocycles. The van der Waals surface area contributed by atoms with E-state index in [2.05, 4.69) is 48.3 Å². The fourth-order valence-electron chi connectivity index (χ4n) is 4.32. The van der Waals surface area contributed by atoms with Gasteiger partial charge in [-0.05, 0) is 49.3 Å². The van der Waals surface area contributed by atoms with Crippen LogP contribution >= 0.6 is 0 Å². The molecule has 1 aliphatic carbocycles. The lowest BCUT2D eigenvalue weighted by Crippen LogP contribution is -2.46. The summed E-state index contributed by atoms with van der Waals surface area (Å²) in [6.45, 7) is 8.20. The summed E-state index contributed by atoms with van der Waals surface area (Å²) < 4.78 is 0. The highest BCUT2D eigenvalue weighted by Gasteiger charge is 2.29. The third kappa shape index (κ3) is 3.42. The van der Waals surface area contributed by atoms with E-state index in [9.17, 15) is 0 Å². The largest absolute Gasteiger partial charge is 0.371 e. The standard InChI is InChI=1S/C19H30N2/c1-3-20-18-10-6-4-9-17(18)14-21-13-15(2)12-16-8-5-7-11-19(16)21/h5,7-8,11,15,17-18,20H,3-4,6,9-10,12-14H2,1-2H3. The van der Waals surface area contributed by atoms with Gasteiger partial charge < -0.3 is 10.2 Å². The van der Waals surface area contributed by atoms with E-state index in [1.165, 1.54) is 50.9 Å². The smallest absolute Gasteiger partial charge is 0.0399 e. The summed E-state index contributed by atoms with van der Waals surface area (Å²) in [5.74, 6) is 1.60. The highest BCUT2D eigenvalue weighted by atomic mass is 15.1. The molecule has 116 valence electrons. The molecular weight excluding hydrogens is 256 g/mol. The van der Waals surface area contributed by atoms with Crippen LogP contribution in [0.3, 0.4) is 0 Å². The van der Waals surface area contributed by atoms with Crippen LogP contribution in [0, 0.1) is 11.8 Å². The van der Waals surface area contributed by atoms with Gasteiger partial charge in [0.15, 0.2) is 0 Å². The summed E-state index contributed by atoms with van der Waals surface area (Å²) in [4.78, 5) is 2.67. The molecule has 1 heterocycles. The Balaban J connectivity index is 1.74. The second-order valence-electron chi connectivity index (χ2n) is 7.05. The Morgan fingerprint density at radius 1 is 1.19 bits per heavy atom. The van der Waals surface area contributed by atoms with Crippen molar-refractivity contribution >= 4 is 5.69 Å². The van der Waals surface area contributed by atoms with E-state index in [-0.39, 0.29) is 0 Å². The van der Waals surface area contributed by atoms with E-state index >= 15 is 0 Å². The van der Waals surface area contributed by atoms with Crippen LogP contribution < -0.4 is 10.2 Å². The van der Waals surface area contributed by atoms with E-state index in [1.807, 2.05) is 0 Å². The molecular formula is C19H30N2. The number of nitrogens with zero attached hydrogens (tertiary/aromatic N) is 1. The maximum absolute atomic E-state index is 3.73. The molecule has 1 saturated carbocycles. The number of rotatable bonds is 4. The Morgan fingerprint density at radius 2 is 2.00 bits per heavy atom.